The second-order valence-electron chi connectivity index (χ2n) is 8.23. The van der Waals surface area contributed by atoms with Crippen molar-refractivity contribution in [3.63, 3.8) is 0 Å². The summed E-state index contributed by atoms with van der Waals surface area (Å²) in [6.07, 6.45) is 5.01. The smallest absolute Gasteiger partial charge is 0.319 e. The first-order valence-corrected chi connectivity index (χ1v) is 12.4. The number of anilines is 3. The zero-order chi connectivity index (χ0) is 25.2. The number of carbonyl (C=O) groups excluding carboxylic acids is 1. The van der Waals surface area contributed by atoms with Gasteiger partial charge in [0.2, 0.25) is 5.88 Å². The van der Waals surface area contributed by atoms with Crippen molar-refractivity contribution >= 4 is 44.9 Å². The van der Waals surface area contributed by atoms with Crippen molar-refractivity contribution in [2.75, 3.05) is 24.3 Å². The molecule has 0 aliphatic heterocycles. The molecule has 36 heavy (non-hydrogen) atoms. The second kappa shape index (κ2) is 9.78. The summed E-state index contributed by atoms with van der Waals surface area (Å²) in [5.74, 6) is -0.244. The average molecular weight is 505 g/mol. The standard InChI is InChI=1S/C25H24N6O4S/c1-34-24-19(12-28-25(30-24)35-2)14-6-9-18-21(10-14)27-13-20(23(26)32)22(18)29-15-4-3-5-16(11-15)31-36(33)17-7-8-17/h3-6,9-13,17,31H,7-8H2,1-2H3,(H2,26,32)(H,27,29). The van der Waals surface area contributed by atoms with Crippen molar-refractivity contribution < 1.29 is 18.5 Å². The third-order valence-corrected chi connectivity index (χ3v) is 7.24. The minimum absolute atomic E-state index is 0.199. The van der Waals surface area contributed by atoms with E-state index in [0.29, 0.717) is 33.7 Å². The van der Waals surface area contributed by atoms with E-state index in [-0.39, 0.29) is 16.8 Å². The van der Waals surface area contributed by atoms with E-state index in [1.165, 1.54) is 20.4 Å². The van der Waals surface area contributed by atoms with Gasteiger partial charge in [0.25, 0.3) is 5.91 Å². The third-order valence-electron chi connectivity index (χ3n) is 5.73. The monoisotopic (exact) mass is 504 g/mol. The normalized spacial score (nSPS) is 13.7. The Balaban J connectivity index is 1.53. The molecular weight excluding hydrogens is 480 g/mol. The van der Waals surface area contributed by atoms with Crippen LogP contribution in [0.25, 0.3) is 22.0 Å². The highest BCUT2D eigenvalue weighted by Crippen LogP contribution is 2.35. The summed E-state index contributed by atoms with van der Waals surface area (Å²) in [5, 5.41) is 4.21. The molecule has 2 aromatic carbocycles. The number of amides is 1. The fourth-order valence-corrected chi connectivity index (χ4v) is 4.86. The number of methoxy groups -OCH3 is 2. The van der Waals surface area contributed by atoms with Crippen LogP contribution in [0, 0.1) is 0 Å². The van der Waals surface area contributed by atoms with Crippen LogP contribution in [-0.4, -0.2) is 44.5 Å². The lowest BCUT2D eigenvalue weighted by Gasteiger charge is -2.15. The zero-order valence-corrected chi connectivity index (χ0v) is 20.5. The van der Waals surface area contributed by atoms with E-state index >= 15 is 0 Å². The van der Waals surface area contributed by atoms with E-state index < -0.39 is 16.9 Å². The molecule has 1 amide bonds. The molecule has 1 saturated carbocycles. The van der Waals surface area contributed by atoms with Crippen LogP contribution in [0.4, 0.5) is 17.1 Å². The van der Waals surface area contributed by atoms with Crippen LogP contribution < -0.4 is 25.2 Å². The van der Waals surface area contributed by atoms with Crippen molar-refractivity contribution in [3.8, 4) is 23.0 Å². The summed E-state index contributed by atoms with van der Waals surface area (Å²) >= 11 is 0. The predicted octanol–water partition coefficient (Wildman–Crippen LogP) is 3.79. The van der Waals surface area contributed by atoms with Gasteiger partial charge in [-0.2, -0.15) is 4.98 Å². The predicted molar refractivity (Wildman–Crippen MR) is 139 cm³/mol. The Morgan fingerprint density at radius 2 is 1.86 bits per heavy atom. The Kier molecular flexibility index (Phi) is 6.38. The number of primary amides is 1. The molecular formula is C25H24N6O4S. The number of fused-ring (bicyclic) bond motifs is 1. The van der Waals surface area contributed by atoms with Gasteiger partial charge in [-0.15, -0.1) is 0 Å². The molecule has 0 radical (unpaired) electrons. The van der Waals surface area contributed by atoms with Crippen LogP contribution in [0.15, 0.2) is 54.9 Å². The van der Waals surface area contributed by atoms with Gasteiger partial charge < -0.3 is 25.2 Å². The third kappa shape index (κ3) is 4.78. The quantitative estimate of drug-likeness (QED) is 0.313. The first-order chi connectivity index (χ1) is 17.5. The molecule has 10 nitrogen and oxygen atoms in total. The van der Waals surface area contributed by atoms with Gasteiger partial charge in [-0.05, 0) is 42.7 Å². The van der Waals surface area contributed by atoms with E-state index in [0.717, 1.165) is 24.1 Å². The molecule has 0 bridgehead atoms. The lowest BCUT2D eigenvalue weighted by Crippen LogP contribution is -2.14. The second-order valence-corrected chi connectivity index (χ2v) is 9.69. The van der Waals surface area contributed by atoms with Gasteiger partial charge >= 0.3 is 6.01 Å². The maximum atomic E-state index is 12.3. The summed E-state index contributed by atoms with van der Waals surface area (Å²) in [5.41, 5.74) is 9.94. The van der Waals surface area contributed by atoms with Crippen LogP contribution >= 0.6 is 0 Å². The summed E-state index contributed by atoms with van der Waals surface area (Å²) in [6.45, 7) is 0. The van der Waals surface area contributed by atoms with Crippen molar-refractivity contribution in [1.29, 1.82) is 0 Å². The molecule has 11 heteroatoms. The highest BCUT2D eigenvalue weighted by molar-refractivity contribution is 7.87. The number of nitrogens with one attached hydrogen (secondary N) is 2. The summed E-state index contributed by atoms with van der Waals surface area (Å²) < 4.78 is 25.8. The van der Waals surface area contributed by atoms with E-state index in [2.05, 4.69) is 25.0 Å². The lowest BCUT2D eigenvalue weighted by atomic mass is 10.0. The zero-order valence-electron chi connectivity index (χ0n) is 19.6. The maximum absolute atomic E-state index is 12.3. The molecule has 1 unspecified atom stereocenters. The number of aromatic nitrogens is 3. The number of nitrogens with zero attached hydrogens (tertiary/aromatic N) is 3. The first-order valence-electron chi connectivity index (χ1n) is 11.2. The molecule has 2 aromatic heterocycles. The summed E-state index contributed by atoms with van der Waals surface area (Å²) in [6, 6.07) is 13.2. The van der Waals surface area contributed by atoms with E-state index in [9.17, 15) is 9.00 Å². The average Bonchev–Trinajstić information content (AvgIpc) is 3.74. The number of nitrogens with two attached hydrogens (primary N) is 1. The van der Waals surface area contributed by atoms with E-state index in [1.54, 1.807) is 6.20 Å². The summed E-state index contributed by atoms with van der Waals surface area (Å²) in [7, 11) is 1.89. The highest BCUT2D eigenvalue weighted by atomic mass is 32.2. The van der Waals surface area contributed by atoms with Gasteiger partial charge in [0, 0.05) is 29.2 Å². The van der Waals surface area contributed by atoms with Gasteiger partial charge in [-0.3, -0.25) is 9.78 Å². The molecule has 1 atom stereocenters. The van der Waals surface area contributed by atoms with Crippen LogP contribution in [0.5, 0.6) is 11.9 Å². The van der Waals surface area contributed by atoms with E-state index in [4.69, 9.17) is 15.2 Å². The molecule has 4 N–H and O–H groups in total. The Labute approximate surface area is 209 Å². The minimum atomic E-state index is -1.12. The van der Waals surface area contributed by atoms with Crippen LogP contribution in [0.3, 0.4) is 0 Å². The number of carbonyl (C=O) groups is 1. The molecule has 4 aromatic rings. The van der Waals surface area contributed by atoms with Crippen molar-refractivity contribution in [2.45, 2.75) is 18.1 Å². The van der Waals surface area contributed by atoms with Crippen molar-refractivity contribution in [2.24, 2.45) is 5.73 Å². The Hall–Kier alpha value is -4.25. The van der Waals surface area contributed by atoms with Gasteiger partial charge in [-0.25, -0.2) is 9.19 Å². The van der Waals surface area contributed by atoms with Gasteiger partial charge in [0.15, 0.2) is 0 Å². The van der Waals surface area contributed by atoms with Gasteiger partial charge in [0.05, 0.1) is 41.8 Å². The molecule has 1 aliphatic rings. The number of benzene rings is 2. The number of pyridine rings is 1. The van der Waals surface area contributed by atoms with Gasteiger partial charge in [-0.1, -0.05) is 18.2 Å². The van der Waals surface area contributed by atoms with Crippen LogP contribution in [0.1, 0.15) is 23.2 Å². The molecule has 0 saturated heterocycles. The SMILES string of the molecule is COc1ncc(-c2ccc3c(Nc4cccc(NS(=O)C5CC5)c4)c(C(N)=O)cnc3c2)c(OC)n1. The number of hydrogen-bond acceptors (Lipinski definition) is 8. The van der Waals surface area contributed by atoms with Gasteiger partial charge in [0.1, 0.15) is 11.0 Å². The topological polar surface area (TPSA) is 141 Å². The van der Waals surface area contributed by atoms with Crippen molar-refractivity contribution in [3.05, 3.63) is 60.4 Å². The molecule has 0 spiro atoms. The van der Waals surface area contributed by atoms with Crippen LogP contribution in [0.2, 0.25) is 0 Å². The number of rotatable bonds is 9. The Morgan fingerprint density at radius 3 is 2.58 bits per heavy atom. The molecule has 2 heterocycles. The molecule has 1 aliphatic carbocycles. The highest BCUT2D eigenvalue weighted by Gasteiger charge is 2.28. The number of hydrogen-bond donors (Lipinski definition) is 3. The van der Waals surface area contributed by atoms with E-state index in [1.807, 2.05) is 42.5 Å². The molecule has 1 fully saturated rings. The fraction of sp³-hybridized carbons (Fsp3) is 0.200. The largest absolute Gasteiger partial charge is 0.480 e. The molecule has 184 valence electrons. The Morgan fingerprint density at radius 1 is 1.06 bits per heavy atom. The lowest BCUT2D eigenvalue weighted by molar-refractivity contribution is 0.100. The first kappa shape index (κ1) is 23.5. The fourth-order valence-electron chi connectivity index (χ4n) is 3.77. The Bertz CT molecular complexity index is 1490. The number of ether oxygens (including phenoxy) is 2. The maximum Gasteiger partial charge on any atom is 0.319 e. The van der Waals surface area contributed by atoms with Crippen molar-refractivity contribution in [1.82, 2.24) is 15.0 Å². The molecule has 5 rings (SSSR count). The minimum Gasteiger partial charge on any atom is -0.480 e. The summed E-state index contributed by atoms with van der Waals surface area (Å²) in [4.78, 5) is 25.1. The van der Waals surface area contributed by atoms with Crippen LogP contribution in [-0.2, 0) is 11.0 Å².